The van der Waals surface area contributed by atoms with Gasteiger partial charge in [0.05, 0.1) is 6.42 Å². The summed E-state index contributed by atoms with van der Waals surface area (Å²) in [5.41, 5.74) is 0.949. The first-order chi connectivity index (χ1) is 12.2. The fourth-order valence-electron chi connectivity index (χ4n) is 2.45. The molecule has 26 heavy (non-hydrogen) atoms. The third-order valence-corrected chi connectivity index (χ3v) is 3.59. The van der Waals surface area contributed by atoms with Crippen LogP contribution in [0.5, 0.6) is 0 Å². The fourth-order valence-corrected chi connectivity index (χ4v) is 2.45. The average molecular weight is 357 g/mol. The van der Waals surface area contributed by atoms with Gasteiger partial charge in [0.25, 0.3) is 0 Å². The first-order valence-electron chi connectivity index (χ1n) is 8.53. The molecule has 0 saturated carbocycles. The maximum Gasteiger partial charge on any atom is 0.329 e. The lowest BCUT2D eigenvalue weighted by molar-refractivity contribution is -0.158. The second-order valence-corrected chi connectivity index (χ2v) is 7.15. The minimum Gasteiger partial charge on any atom is -0.458 e. The van der Waals surface area contributed by atoms with Crippen molar-refractivity contribution in [2.45, 2.75) is 45.3 Å². The zero-order valence-electron chi connectivity index (χ0n) is 15.3. The Bertz CT molecular complexity index is 736. The van der Waals surface area contributed by atoms with Gasteiger partial charge in [-0.2, -0.15) is 0 Å². The lowest BCUT2D eigenvalue weighted by Crippen LogP contribution is -2.46. The van der Waals surface area contributed by atoms with Crippen molar-refractivity contribution in [3.63, 3.8) is 0 Å². The number of rotatable bonds is 6. The SMILES string of the molecule is CC(C)(C)OC(=O)[C@H](Cc1ccccc1)NC(=O)Cc1ccc(F)cc1. The normalized spacial score (nSPS) is 12.3. The highest BCUT2D eigenvalue weighted by Crippen LogP contribution is 2.12. The van der Waals surface area contributed by atoms with E-state index >= 15 is 0 Å². The molecule has 0 saturated heterocycles. The third kappa shape index (κ3) is 6.67. The van der Waals surface area contributed by atoms with E-state index in [0.717, 1.165) is 5.56 Å². The van der Waals surface area contributed by atoms with Crippen LogP contribution in [0.4, 0.5) is 4.39 Å². The van der Waals surface area contributed by atoms with E-state index in [9.17, 15) is 14.0 Å². The van der Waals surface area contributed by atoms with Crippen molar-refractivity contribution in [2.24, 2.45) is 0 Å². The summed E-state index contributed by atoms with van der Waals surface area (Å²) < 4.78 is 18.4. The largest absolute Gasteiger partial charge is 0.458 e. The predicted octanol–water partition coefficient (Wildman–Crippen LogP) is 3.44. The number of hydrogen-bond acceptors (Lipinski definition) is 3. The van der Waals surface area contributed by atoms with Crippen molar-refractivity contribution in [3.05, 3.63) is 71.5 Å². The Kier molecular flexibility index (Phi) is 6.50. The molecule has 138 valence electrons. The minimum atomic E-state index is -0.787. The van der Waals surface area contributed by atoms with E-state index in [0.29, 0.717) is 12.0 Å². The first kappa shape index (κ1) is 19.6. The second-order valence-electron chi connectivity index (χ2n) is 7.15. The Labute approximate surface area is 153 Å². The molecule has 0 spiro atoms. The number of nitrogens with one attached hydrogen (secondary N) is 1. The van der Waals surface area contributed by atoms with Gasteiger partial charge >= 0.3 is 5.97 Å². The molecule has 0 aliphatic carbocycles. The smallest absolute Gasteiger partial charge is 0.329 e. The van der Waals surface area contributed by atoms with Crippen LogP contribution in [0.15, 0.2) is 54.6 Å². The molecule has 2 aromatic carbocycles. The van der Waals surface area contributed by atoms with Crippen molar-refractivity contribution in [1.29, 1.82) is 0 Å². The monoisotopic (exact) mass is 357 g/mol. The van der Waals surface area contributed by atoms with Gasteiger partial charge in [-0.1, -0.05) is 42.5 Å². The summed E-state index contributed by atoms with van der Waals surface area (Å²) in [5.74, 6) is -1.15. The lowest BCUT2D eigenvalue weighted by atomic mass is 10.0. The highest BCUT2D eigenvalue weighted by atomic mass is 19.1. The zero-order chi connectivity index (χ0) is 19.2. The van der Waals surface area contributed by atoms with Gasteiger partial charge in [0.2, 0.25) is 5.91 Å². The molecule has 0 unspecified atom stereocenters. The Morgan fingerprint density at radius 1 is 1.00 bits per heavy atom. The summed E-state index contributed by atoms with van der Waals surface area (Å²) in [6.07, 6.45) is 0.402. The molecule has 0 aliphatic heterocycles. The molecule has 0 aromatic heterocycles. The molecule has 2 rings (SSSR count). The highest BCUT2D eigenvalue weighted by Gasteiger charge is 2.27. The van der Waals surface area contributed by atoms with Crippen LogP contribution in [-0.2, 0) is 27.2 Å². The van der Waals surface area contributed by atoms with E-state index in [-0.39, 0.29) is 18.1 Å². The number of carbonyl (C=O) groups excluding carboxylic acids is 2. The number of ether oxygens (including phenoxy) is 1. The van der Waals surface area contributed by atoms with Crippen LogP contribution < -0.4 is 5.32 Å². The molecule has 1 atom stereocenters. The molecule has 0 fully saturated rings. The van der Waals surface area contributed by atoms with Crippen LogP contribution in [0.1, 0.15) is 31.9 Å². The lowest BCUT2D eigenvalue weighted by Gasteiger charge is -2.24. The van der Waals surface area contributed by atoms with Gasteiger partial charge in [-0.3, -0.25) is 4.79 Å². The van der Waals surface area contributed by atoms with Crippen LogP contribution >= 0.6 is 0 Å². The van der Waals surface area contributed by atoms with Gasteiger partial charge in [0.1, 0.15) is 17.5 Å². The molecule has 5 heteroatoms. The third-order valence-electron chi connectivity index (χ3n) is 3.59. The van der Waals surface area contributed by atoms with Gasteiger partial charge in [-0.05, 0) is 44.0 Å². The topological polar surface area (TPSA) is 55.4 Å². The van der Waals surface area contributed by atoms with E-state index in [1.54, 1.807) is 32.9 Å². The van der Waals surface area contributed by atoms with E-state index in [2.05, 4.69) is 5.32 Å². The van der Waals surface area contributed by atoms with E-state index in [4.69, 9.17) is 4.74 Å². The first-order valence-corrected chi connectivity index (χ1v) is 8.53. The van der Waals surface area contributed by atoms with Gasteiger partial charge in [0, 0.05) is 6.42 Å². The maximum atomic E-state index is 13.0. The number of benzene rings is 2. The van der Waals surface area contributed by atoms with Gasteiger partial charge in [-0.15, -0.1) is 0 Å². The van der Waals surface area contributed by atoms with E-state index in [1.807, 2.05) is 30.3 Å². The van der Waals surface area contributed by atoms with Crippen molar-refractivity contribution in [2.75, 3.05) is 0 Å². The van der Waals surface area contributed by atoms with Crippen LogP contribution in [0.25, 0.3) is 0 Å². The van der Waals surface area contributed by atoms with Crippen LogP contribution in [0.2, 0.25) is 0 Å². The molecule has 1 amide bonds. The van der Waals surface area contributed by atoms with Crippen molar-refractivity contribution >= 4 is 11.9 Å². The molecule has 1 N–H and O–H groups in total. The van der Waals surface area contributed by atoms with Crippen molar-refractivity contribution in [3.8, 4) is 0 Å². The van der Waals surface area contributed by atoms with Crippen LogP contribution in [0.3, 0.4) is 0 Å². The summed E-state index contributed by atoms with van der Waals surface area (Å²) in [6, 6.07) is 14.3. The molecular weight excluding hydrogens is 333 g/mol. The van der Waals surface area contributed by atoms with Crippen LogP contribution in [-0.4, -0.2) is 23.5 Å². The highest BCUT2D eigenvalue weighted by molar-refractivity contribution is 5.86. The Hall–Kier alpha value is -2.69. The molecular formula is C21H24FNO3. The summed E-state index contributed by atoms with van der Waals surface area (Å²) in [4.78, 5) is 24.9. The zero-order valence-corrected chi connectivity index (χ0v) is 15.3. The standard InChI is InChI=1S/C21H24FNO3/c1-21(2,3)26-20(25)18(13-15-7-5-4-6-8-15)23-19(24)14-16-9-11-17(22)12-10-16/h4-12,18H,13-14H2,1-3H3,(H,23,24)/t18-/m0/s1. The number of halogens is 1. The summed E-state index contributed by atoms with van der Waals surface area (Å²) in [5, 5.41) is 2.74. The molecule has 4 nitrogen and oxygen atoms in total. The summed E-state index contributed by atoms with van der Waals surface area (Å²) >= 11 is 0. The summed E-state index contributed by atoms with van der Waals surface area (Å²) in [7, 11) is 0. The van der Waals surface area contributed by atoms with Gasteiger partial charge in [-0.25, -0.2) is 9.18 Å². The fraction of sp³-hybridized carbons (Fsp3) is 0.333. The number of hydrogen-bond donors (Lipinski definition) is 1. The molecule has 0 bridgehead atoms. The van der Waals surface area contributed by atoms with E-state index in [1.165, 1.54) is 12.1 Å². The van der Waals surface area contributed by atoms with Crippen molar-refractivity contribution in [1.82, 2.24) is 5.32 Å². The molecule has 0 heterocycles. The summed E-state index contributed by atoms with van der Waals surface area (Å²) in [6.45, 7) is 5.35. The number of esters is 1. The average Bonchev–Trinajstić information content (AvgIpc) is 2.56. The van der Waals surface area contributed by atoms with E-state index < -0.39 is 17.6 Å². The Morgan fingerprint density at radius 2 is 1.62 bits per heavy atom. The molecule has 2 aromatic rings. The van der Waals surface area contributed by atoms with Gasteiger partial charge < -0.3 is 10.1 Å². The second kappa shape index (κ2) is 8.61. The van der Waals surface area contributed by atoms with Crippen molar-refractivity contribution < 1.29 is 18.7 Å². The molecule has 0 radical (unpaired) electrons. The Morgan fingerprint density at radius 3 is 2.19 bits per heavy atom. The number of amides is 1. The maximum absolute atomic E-state index is 13.0. The Balaban J connectivity index is 2.07. The minimum absolute atomic E-state index is 0.0639. The van der Waals surface area contributed by atoms with Crippen LogP contribution in [0, 0.1) is 5.82 Å². The van der Waals surface area contributed by atoms with Gasteiger partial charge in [0.15, 0.2) is 0 Å². The quantitative estimate of drug-likeness (QED) is 0.806. The number of carbonyl (C=O) groups is 2. The predicted molar refractivity (Wildman–Crippen MR) is 98.0 cm³/mol. The molecule has 0 aliphatic rings.